The minimum absolute atomic E-state index is 0.181. The number of benzene rings is 1. The van der Waals surface area contributed by atoms with Crippen molar-refractivity contribution in [1.29, 1.82) is 0 Å². The number of nitrogens with zero attached hydrogens (tertiary/aromatic N) is 4. The van der Waals surface area contributed by atoms with E-state index >= 15 is 0 Å². The van der Waals surface area contributed by atoms with E-state index in [0.717, 1.165) is 10.8 Å². The van der Waals surface area contributed by atoms with Crippen LogP contribution in [-0.2, 0) is 13.1 Å². The number of hydrogen-bond donors (Lipinski definition) is 1. The lowest BCUT2D eigenvalue weighted by Gasteiger charge is -2.08. The van der Waals surface area contributed by atoms with Gasteiger partial charge in [0.1, 0.15) is 16.5 Å². The van der Waals surface area contributed by atoms with Gasteiger partial charge in [-0.05, 0) is 49.9 Å². The molecule has 0 fully saturated rings. The Morgan fingerprint density at radius 2 is 2.08 bits per heavy atom. The predicted octanol–water partition coefficient (Wildman–Crippen LogP) is 2.68. The van der Waals surface area contributed by atoms with E-state index in [1.54, 1.807) is 31.4 Å². The number of hydrogen-bond acceptors (Lipinski definition) is 7. The summed E-state index contributed by atoms with van der Waals surface area (Å²) in [4.78, 5) is 12.3. The number of carbonyl (C=O) groups excluding carboxylic acids is 1. The second kappa shape index (κ2) is 8.05. The van der Waals surface area contributed by atoms with Crippen LogP contribution in [0.15, 0.2) is 45.0 Å². The topological polar surface area (TPSA) is 95.1 Å². The molecule has 0 aliphatic carbocycles. The number of amides is 1. The van der Waals surface area contributed by atoms with Crippen LogP contribution < -0.4 is 10.1 Å². The molecule has 26 heavy (non-hydrogen) atoms. The summed E-state index contributed by atoms with van der Waals surface area (Å²) in [5.74, 6) is 1.94. The standard InChI is InChI=1S/C17H19N5O3S/c1-4-22-14(19-20-17(22)26-15-9-11(2)25-21-15)10-18-16(23)12-5-7-13(24-3)8-6-12/h5-9H,4,10H2,1-3H3,(H,18,23). The van der Waals surface area contributed by atoms with E-state index in [4.69, 9.17) is 9.26 Å². The molecule has 1 aromatic carbocycles. The Labute approximate surface area is 154 Å². The summed E-state index contributed by atoms with van der Waals surface area (Å²) in [6, 6.07) is 8.76. The average molecular weight is 373 g/mol. The Kier molecular flexibility index (Phi) is 5.57. The lowest BCUT2D eigenvalue weighted by atomic mass is 10.2. The summed E-state index contributed by atoms with van der Waals surface area (Å²) in [7, 11) is 1.59. The average Bonchev–Trinajstić information content (AvgIpc) is 3.25. The Hall–Kier alpha value is -2.81. The normalized spacial score (nSPS) is 10.7. The summed E-state index contributed by atoms with van der Waals surface area (Å²) in [5.41, 5.74) is 0.557. The number of rotatable bonds is 7. The molecule has 9 heteroatoms. The largest absolute Gasteiger partial charge is 0.497 e. The van der Waals surface area contributed by atoms with Gasteiger partial charge < -0.3 is 19.1 Å². The van der Waals surface area contributed by atoms with Crippen LogP contribution in [0.25, 0.3) is 0 Å². The highest BCUT2D eigenvalue weighted by Gasteiger charge is 2.15. The van der Waals surface area contributed by atoms with Crippen LogP contribution in [0.4, 0.5) is 0 Å². The zero-order chi connectivity index (χ0) is 18.5. The molecular weight excluding hydrogens is 354 g/mol. The third-order valence-electron chi connectivity index (χ3n) is 3.67. The van der Waals surface area contributed by atoms with E-state index in [-0.39, 0.29) is 12.5 Å². The quantitative estimate of drug-likeness (QED) is 0.680. The Balaban J connectivity index is 1.66. The molecular formula is C17H19N5O3S. The molecule has 0 atom stereocenters. The summed E-state index contributed by atoms with van der Waals surface area (Å²) in [6.45, 7) is 4.79. The van der Waals surface area contributed by atoms with Crippen molar-refractivity contribution in [3.63, 3.8) is 0 Å². The lowest BCUT2D eigenvalue weighted by Crippen LogP contribution is -2.24. The Morgan fingerprint density at radius 3 is 2.69 bits per heavy atom. The van der Waals surface area contributed by atoms with Crippen molar-refractivity contribution >= 4 is 17.7 Å². The molecule has 0 aliphatic heterocycles. The van der Waals surface area contributed by atoms with Crippen LogP contribution in [0.5, 0.6) is 5.75 Å². The first-order chi connectivity index (χ1) is 12.6. The molecule has 2 aromatic heterocycles. The van der Waals surface area contributed by atoms with Crippen molar-refractivity contribution in [2.24, 2.45) is 0 Å². The summed E-state index contributed by atoms with van der Waals surface area (Å²) < 4.78 is 12.1. The Bertz CT molecular complexity index is 888. The summed E-state index contributed by atoms with van der Waals surface area (Å²) >= 11 is 1.37. The third kappa shape index (κ3) is 4.05. The fourth-order valence-corrected chi connectivity index (χ4v) is 3.24. The fraction of sp³-hybridized carbons (Fsp3) is 0.294. The molecule has 0 saturated heterocycles. The van der Waals surface area contributed by atoms with E-state index in [1.165, 1.54) is 11.8 Å². The zero-order valence-corrected chi connectivity index (χ0v) is 15.5. The molecule has 2 heterocycles. The Morgan fingerprint density at radius 1 is 1.31 bits per heavy atom. The van der Waals surface area contributed by atoms with Crippen LogP contribution in [0.2, 0.25) is 0 Å². The molecule has 0 radical (unpaired) electrons. The molecule has 0 aliphatic rings. The second-order valence-electron chi connectivity index (χ2n) is 5.43. The predicted molar refractivity (Wildman–Crippen MR) is 95.2 cm³/mol. The maximum absolute atomic E-state index is 12.3. The van der Waals surface area contributed by atoms with Gasteiger partial charge in [-0.1, -0.05) is 5.16 Å². The van der Waals surface area contributed by atoms with Gasteiger partial charge in [0.25, 0.3) is 5.91 Å². The minimum Gasteiger partial charge on any atom is -0.497 e. The molecule has 0 bridgehead atoms. The molecule has 1 N–H and O–H groups in total. The van der Waals surface area contributed by atoms with Gasteiger partial charge in [0, 0.05) is 18.2 Å². The first-order valence-electron chi connectivity index (χ1n) is 8.06. The SMILES string of the molecule is CCn1c(CNC(=O)c2ccc(OC)cc2)nnc1Sc1cc(C)on1. The van der Waals surface area contributed by atoms with Crippen molar-refractivity contribution in [3.8, 4) is 5.75 Å². The van der Waals surface area contributed by atoms with Gasteiger partial charge in [-0.3, -0.25) is 4.79 Å². The van der Waals surface area contributed by atoms with Gasteiger partial charge in [-0.25, -0.2) is 0 Å². The maximum Gasteiger partial charge on any atom is 0.251 e. The fourth-order valence-electron chi connectivity index (χ4n) is 2.33. The van der Waals surface area contributed by atoms with Gasteiger partial charge in [0.05, 0.1) is 13.7 Å². The number of aromatic nitrogens is 4. The van der Waals surface area contributed by atoms with E-state index in [0.29, 0.717) is 28.8 Å². The lowest BCUT2D eigenvalue weighted by molar-refractivity contribution is 0.0949. The number of aryl methyl sites for hydroxylation is 1. The molecule has 1 amide bonds. The number of methoxy groups -OCH3 is 1. The van der Waals surface area contributed by atoms with Crippen molar-refractivity contribution in [1.82, 2.24) is 25.2 Å². The van der Waals surface area contributed by atoms with Gasteiger partial charge >= 0.3 is 0 Å². The van der Waals surface area contributed by atoms with Crippen LogP contribution in [-0.4, -0.2) is 32.9 Å². The van der Waals surface area contributed by atoms with Crippen molar-refractivity contribution in [2.75, 3.05) is 7.11 Å². The van der Waals surface area contributed by atoms with E-state index in [2.05, 4.69) is 20.7 Å². The van der Waals surface area contributed by atoms with E-state index < -0.39 is 0 Å². The third-order valence-corrected chi connectivity index (χ3v) is 4.56. The summed E-state index contributed by atoms with van der Waals surface area (Å²) in [6.07, 6.45) is 0. The van der Waals surface area contributed by atoms with Gasteiger partial charge in [-0.15, -0.1) is 10.2 Å². The monoisotopic (exact) mass is 373 g/mol. The van der Waals surface area contributed by atoms with Crippen LogP contribution >= 0.6 is 11.8 Å². The molecule has 0 spiro atoms. The molecule has 3 rings (SSSR count). The smallest absolute Gasteiger partial charge is 0.251 e. The second-order valence-corrected chi connectivity index (χ2v) is 6.42. The first kappa shape index (κ1) is 18.0. The van der Waals surface area contributed by atoms with E-state index in [9.17, 15) is 4.79 Å². The van der Waals surface area contributed by atoms with Crippen molar-refractivity contribution in [3.05, 3.63) is 47.5 Å². The number of carbonyl (C=O) groups is 1. The molecule has 3 aromatic rings. The van der Waals surface area contributed by atoms with Crippen molar-refractivity contribution in [2.45, 2.75) is 37.1 Å². The highest BCUT2D eigenvalue weighted by atomic mass is 32.2. The molecule has 136 valence electrons. The highest BCUT2D eigenvalue weighted by Crippen LogP contribution is 2.26. The van der Waals surface area contributed by atoms with Crippen LogP contribution in [0.1, 0.15) is 28.9 Å². The molecule has 0 saturated carbocycles. The van der Waals surface area contributed by atoms with Gasteiger partial charge in [-0.2, -0.15) is 0 Å². The van der Waals surface area contributed by atoms with E-state index in [1.807, 2.05) is 24.5 Å². The van der Waals surface area contributed by atoms with Gasteiger partial charge in [0.15, 0.2) is 11.0 Å². The van der Waals surface area contributed by atoms with Crippen LogP contribution in [0.3, 0.4) is 0 Å². The minimum atomic E-state index is -0.181. The maximum atomic E-state index is 12.3. The number of nitrogens with one attached hydrogen (secondary N) is 1. The van der Waals surface area contributed by atoms with Crippen LogP contribution in [0, 0.1) is 6.92 Å². The van der Waals surface area contributed by atoms with Crippen molar-refractivity contribution < 1.29 is 14.1 Å². The highest BCUT2D eigenvalue weighted by molar-refractivity contribution is 7.99. The molecule has 8 nitrogen and oxygen atoms in total. The first-order valence-corrected chi connectivity index (χ1v) is 8.88. The zero-order valence-electron chi connectivity index (χ0n) is 14.7. The summed E-state index contributed by atoms with van der Waals surface area (Å²) in [5, 5.41) is 16.6. The number of ether oxygens (including phenoxy) is 1. The van der Waals surface area contributed by atoms with Gasteiger partial charge in [0.2, 0.25) is 0 Å². The molecule has 0 unspecified atom stereocenters.